The summed E-state index contributed by atoms with van der Waals surface area (Å²) in [6.45, 7) is 11.7. The van der Waals surface area contributed by atoms with Gasteiger partial charge in [-0.3, -0.25) is 0 Å². The zero-order chi connectivity index (χ0) is 21.9. The fourth-order valence-corrected chi connectivity index (χ4v) is 5.07. The maximum Gasteiger partial charge on any atom is 0.131 e. The van der Waals surface area contributed by atoms with Crippen LogP contribution in [-0.4, -0.2) is 14.1 Å². The summed E-state index contributed by atoms with van der Waals surface area (Å²) < 4.78 is 6.53. The first-order chi connectivity index (χ1) is 14.1. The highest BCUT2D eigenvalue weighted by atomic mass is 31.1. The summed E-state index contributed by atoms with van der Waals surface area (Å²) in [5.74, 6) is 1.04. The average Bonchev–Trinajstić information content (AvgIpc) is 2.68. The lowest BCUT2D eigenvalue weighted by molar-refractivity contribution is 0.300. The Balaban J connectivity index is 2.06. The number of hydrogen-bond acceptors (Lipinski definition) is 2. The Morgan fingerprint density at radius 1 is 0.833 bits per heavy atom. The molecule has 0 saturated carbocycles. The van der Waals surface area contributed by atoms with Crippen molar-refractivity contribution in [2.24, 2.45) is 0 Å². The van der Waals surface area contributed by atoms with E-state index < -0.39 is 0 Å². The Kier molecular flexibility index (Phi) is 6.88. The molecule has 1 atom stereocenters. The van der Waals surface area contributed by atoms with E-state index in [0.717, 1.165) is 5.75 Å². The Labute approximate surface area is 184 Å². The summed E-state index contributed by atoms with van der Waals surface area (Å²) in [5.41, 5.74) is 6.33. The van der Waals surface area contributed by atoms with Crippen molar-refractivity contribution < 1.29 is 4.74 Å². The quantitative estimate of drug-likeness (QED) is 0.463. The van der Waals surface area contributed by atoms with Gasteiger partial charge in [-0.2, -0.15) is 0 Å². The maximum atomic E-state index is 6.53. The SMILES string of the molecule is Cc1ccc(Pc2cc(C)cc(C(C)(C)C)c2OCc2ccccc2)c(N(C)C)c1. The fraction of sp³-hybridized carbons (Fsp3) is 0.333. The van der Waals surface area contributed by atoms with Gasteiger partial charge < -0.3 is 9.64 Å². The van der Waals surface area contributed by atoms with Gasteiger partial charge in [0.2, 0.25) is 0 Å². The van der Waals surface area contributed by atoms with E-state index in [1.807, 2.05) is 6.07 Å². The zero-order valence-corrected chi connectivity index (χ0v) is 20.3. The minimum Gasteiger partial charge on any atom is -0.488 e. The third kappa shape index (κ3) is 5.43. The van der Waals surface area contributed by atoms with Gasteiger partial charge in [-0.15, -0.1) is 0 Å². The van der Waals surface area contributed by atoms with Crippen molar-refractivity contribution in [3.05, 3.63) is 82.9 Å². The van der Waals surface area contributed by atoms with Crippen molar-refractivity contribution in [1.82, 2.24) is 0 Å². The van der Waals surface area contributed by atoms with Crippen molar-refractivity contribution in [2.45, 2.75) is 46.6 Å². The lowest BCUT2D eigenvalue weighted by Crippen LogP contribution is -2.21. The molecular formula is C27H34NOP. The molecule has 1 unspecified atom stereocenters. The molecule has 3 rings (SSSR count). The second-order valence-corrected chi connectivity index (χ2v) is 10.6. The molecule has 0 radical (unpaired) electrons. The minimum atomic E-state index is 0.00885. The molecular weight excluding hydrogens is 385 g/mol. The highest BCUT2D eigenvalue weighted by Crippen LogP contribution is 2.35. The summed E-state index contributed by atoms with van der Waals surface area (Å²) in [7, 11) is 4.77. The molecule has 3 aromatic rings. The molecule has 0 aliphatic rings. The summed E-state index contributed by atoms with van der Waals surface area (Å²) >= 11 is 0. The van der Waals surface area contributed by atoms with E-state index in [1.54, 1.807) is 0 Å². The molecule has 0 N–H and O–H groups in total. The number of rotatable bonds is 6. The van der Waals surface area contributed by atoms with Gasteiger partial charge >= 0.3 is 0 Å². The van der Waals surface area contributed by atoms with Crippen LogP contribution in [0, 0.1) is 13.8 Å². The normalized spacial score (nSPS) is 11.8. The average molecular weight is 420 g/mol. The van der Waals surface area contributed by atoms with E-state index >= 15 is 0 Å². The molecule has 0 bridgehead atoms. The Morgan fingerprint density at radius 2 is 1.53 bits per heavy atom. The van der Waals surface area contributed by atoms with Gasteiger partial charge in [-0.25, -0.2) is 0 Å². The Bertz CT molecular complexity index is 1000. The predicted octanol–water partition coefficient (Wildman–Crippen LogP) is 5.88. The maximum absolute atomic E-state index is 6.53. The van der Waals surface area contributed by atoms with Gasteiger partial charge in [0.25, 0.3) is 0 Å². The first-order valence-corrected chi connectivity index (χ1v) is 11.5. The smallest absolute Gasteiger partial charge is 0.131 e. The number of nitrogens with zero attached hydrogens (tertiary/aromatic N) is 1. The number of ether oxygens (including phenoxy) is 1. The highest BCUT2D eigenvalue weighted by molar-refractivity contribution is 7.56. The van der Waals surface area contributed by atoms with Gasteiger partial charge in [0.1, 0.15) is 12.4 Å². The van der Waals surface area contributed by atoms with E-state index in [2.05, 4.69) is 108 Å². The summed E-state index contributed by atoms with van der Waals surface area (Å²) in [5, 5.41) is 2.63. The topological polar surface area (TPSA) is 12.5 Å². The number of anilines is 1. The molecule has 158 valence electrons. The highest BCUT2D eigenvalue weighted by Gasteiger charge is 2.23. The van der Waals surface area contributed by atoms with Crippen LogP contribution in [0.1, 0.15) is 43.0 Å². The summed E-state index contributed by atoms with van der Waals surface area (Å²) in [6, 6.07) is 21.8. The van der Waals surface area contributed by atoms with Crippen LogP contribution in [0.25, 0.3) is 0 Å². The predicted molar refractivity (Wildman–Crippen MR) is 134 cm³/mol. The van der Waals surface area contributed by atoms with Crippen LogP contribution in [0.4, 0.5) is 5.69 Å². The summed E-state index contributed by atoms with van der Waals surface area (Å²) in [4.78, 5) is 2.21. The molecule has 0 amide bonds. The van der Waals surface area contributed by atoms with Crippen molar-refractivity contribution >= 4 is 24.9 Å². The van der Waals surface area contributed by atoms with Crippen LogP contribution in [0.2, 0.25) is 0 Å². The fourth-order valence-electron chi connectivity index (χ4n) is 3.57. The number of hydrogen-bond donors (Lipinski definition) is 0. The van der Waals surface area contributed by atoms with E-state index in [-0.39, 0.29) is 5.41 Å². The third-order valence-electron chi connectivity index (χ3n) is 5.17. The molecule has 0 heterocycles. The van der Waals surface area contributed by atoms with Crippen LogP contribution >= 0.6 is 8.58 Å². The first kappa shape index (κ1) is 22.4. The van der Waals surface area contributed by atoms with E-state index in [1.165, 1.54) is 38.6 Å². The van der Waals surface area contributed by atoms with Crippen molar-refractivity contribution in [1.29, 1.82) is 0 Å². The molecule has 0 saturated heterocycles. The van der Waals surface area contributed by atoms with Gasteiger partial charge in [0.05, 0.1) is 0 Å². The first-order valence-electron chi connectivity index (χ1n) is 10.5. The van der Waals surface area contributed by atoms with E-state index in [9.17, 15) is 0 Å². The van der Waals surface area contributed by atoms with Gasteiger partial charge in [-0.1, -0.05) is 77.9 Å². The molecule has 3 aromatic carbocycles. The Morgan fingerprint density at radius 3 is 2.17 bits per heavy atom. The molecule has 0 aliphatic heterocycles. The molecule has 30 heavy (non-hydrogen) atoms. The standard InChI is InChI=1S/C27H34NOP/c1-19-13-14-24(23(16-19)28(6)7)30-25-17-20(2)15-22(27(3,4)5)26(25)29-18-21-11-9-8-10-12-21/h8-17,30H,18H2,1-7H3. The van der Waals surface area contributed by atoms with Crippen LogP contribution in [-0.2, 0) is 12.0 Å². The minimum absolute atomic E-state index is 0.00885. The van der Waals surface area contributed by atoms with Crippen molar-refractivity contribution in [3.8, 4) is 5.75 Å². The van der Waals surface area contributed by atoms with Crippen LogP contribution in [0.5, 0.6) is 5.75 Å². The van der Waals surface area contributed by atoms with E-state index in [0.29, 0.717) is 15.2 Å². The lowest BCUT2D eigenvalue weighted by atomic mass is 9.85. The second kappa shape index (κ2) is 9.23. The number of aryl methyl sites for hydroxylation is 2. The van der Waals surface area contributed by atoms with Crippen LogP contribution in [0.15, 0.2) is 60.7 Å². The lowest BCUT2D eigenvalue weighted by Gasteiger charge is -2.26. The van der Waals surface area contributed by atoms with Gasteiger partial charge in [0, 0.05) is 36.0 Å². The molecule has 0 fully saturated rings. The molecule has 2 nitrogen and oxygen atoms in total. The molecule has 0 aliphatic carbocycles. The monoisotopic (exact) mass is 419 g/mol. The van der Waals surface area contributed by atoms with E-state index in [4.69, 9.17) is 4.74 Å². The Hall–Kier alpha value is -2.31. The largest absolute Gasteiger partial charge is 0.488 e. The molecule has 0 aromatic heterocycles. The zero-order valence-electron chi connectivity index (χ0n) is 19.3. The van der Waals surface area contributed by atoms with Gasteiger partial charge in [-0.05, 0) is 48.1 Å². The van der Waals surface area contributed by atoms with Crippen LogP contribution < -0.4 is 20.2 Å². The van der Waals surface area contributed by atoms with Gasteiger partial charge in [0.15, 0.2) is 0 Å². The molecule has 0 spiro atoms. The van der Waals surface area contributed by atoms with Crippen molar-refractivity contribution in [3.63, 3.8) is 0 Å². The van der Waals surface area contributed by atoms with Crippen LogP contribution in [0.3, 0.4) is 0 Å². The second-order valence-electron chi connectivity index (χ2n) is 9.25. The van der Waals surface area contributed by atoms with Crippen molar-refractivity contribution in [2.75, 3.05) is 19.0 Å². The third-order valence-corrected chi connectivity index (χ3v) is 6.50. The number of benzene rings is 3. The molecule has 3 heteroatoms. The summed E-state index contributed by atoms with van der Waals surface area (Å²) in [6.07, 6.45) is 0.